The molecular weight excluding hydrogens is 997 g/mol. The predicted molar refractivity (Wildman–Crippen MR) is 353 cm³/mol. The van der Waals surface area contributed by atoms with Crippen LogP contribution in [0.25, 0.3) is 0 Å². The van der Waals surface area contributed by atoms with Crippen molar-refractivity contribution in [3.05, 3.63) is 122 Å². The molecule has 0 saturated carbocycles. The monoisotopic (exact) mass is 1120 g/mol. The minimum atomic E-state index is -0.793. The first kappa shape index (κ1) is 76.8. The normalized spacial score (nSPS) is 12.9. The van der Waals surface area contributed by atoms with Gasteiger partial charge in [0, 0.05) is 19.3 Å². The van der Waals surface area contributed by atoms with E-state index in [0.717, 1.165) is 135 Å². The molecule has 0 rings (SSSR count). The summed E-state index contributed by atoms with van der Waals surface area (Å²) in [4.78, 5) is 38.3. The molecule has 1 atom stereocenters. The van der Waals surface area contributed by atoms with Crippen LogP contribution in [0.1, 0.15) is 316 Å². The molecule has 0 aromatic heterocycles. The second kappa shape index (κ2) is 68.3. The molecule has 0 saturated heterocycles. The molecule has 0 radical (unpaired) electrons. The maximum atomic E-state index is 12.9. The summed E-state index contributed by atoms with van der Waals surface area (Å²) >= 11 is 0. The SMILES string of the molecule is CC/C=C\C/C=C\C/C=C\C/C=C\C/C=C\C/C=C\C/C=C\CCCCCCCCCCCCCC(=O)OCC(COC(=O)CCCCCCC/C=C\CCCCCCCC)OC(=O)CCCCCCC/C=C\C/C=C\CCCCC. The Morgan fingerprint density at radius 3 is 0.790 bits per heavy atom. The Kier molecular flexibility index (Phi) is 64.8. The van der Waals surface area contributed by atoms with Crippen molar-refractivity contribution in [1.29, 1.82) is 0 Å². The van der Waals surface area contributed by atoms with Gasteiger partial charge in [0.05, 0.1) is 0 Å². The van der Waals surface area contributed by atoms with E-state index in [1.165, 1.54) is 141 Å². The van der Waals surface area contributed by atoms with Crippen LogP contribution in [0.3, 0.4) is 0 Å². The number of allylic oxidation sites excluding steroid dienone is 20. The van der Waals surface area contributed by atoms with E-state index in [-0.39, 0.29) is 31.1 Å². The van der Waals surface area contributed by atoms with Crippen molar-refractivity contribution < 1.29 is 28.6 Å². The third kappa shape index (κ3) is 66.5. The van der Waals surface area contributed by atoms with Crippen molar-refractivity contribution in [2.24, 2.45) is 0 Å². The molecule has 81 heavy (non-hydrogen) atoms. The number of carbonyl (C=O) groups is 3. The van der Waals surface area contributed by atoms with E-state index in [1.807, 2.05) is 0 Å². The van der Waals surface area contributed by atoms with Gasteiger partial charge in [-0.2, -0.15) is 0 Å². The molecule has 0 aromatic rings. The van der Waals surface area contributed by atoms with Gasteiger partial charge in [-0.15, -0.1) is 0 Å². The summed E-state index contributed by atoms with van der Waals surface area (Å²) in [7, 11) is 0. The lowest BCUT2D eigenvalue weighted by Crippen LogP contribution is -2.30. The number of rotatable bonds is 61. The van der Waals surface area contributed by atoms with Crippen molar-refractivity contribution in [2.75, 3.05) is 13.2 Å². The Morgan fingerprint density at radius 1 is 0.259 bits per heavy atom. The van der Waals surface area contributed by atoms with E-state index in [2.05, 4.69) is 142 Å². The van der Waals surface area contributed by atoms with Crippen molar-refractivity contribution in [2.45, 2.75) is 322 Å². The molecule has 0 aliphatic heterocycles. The first-order valence-corrected chi connectivity index (χ1v) is 34.0. The molecule has 0 heterocycles. The second-order valence-electron chi connectivity index (χ2n) is 22.3. The lowest BCUT2D eigenvalue weighted by Gasteiger charge is -2.18. The lowest BCUT2D eigenvalue weighted by atomic mass is 10.0. The largest absolute Gasteiger partial charge is 0.462 e. The molecule has 1 unspecified atom stereocenters. The van der Waals surface area contributed by atoms with Gasteiger partial charge in [-0.05, 0) is 135 Å². The van der Waals surface area contributed by atoms with Crippen LogP contribution in [0.2, 0.25) is 0 Å². The van der Waals surface area contributed by atoms with Crippen molar-refractivity contribution in [3.63, 3.8) is 0 Å². The maximum Gasteiger partial charge on any atom is 0.306 e. The standard InChI is InChI=1S/C75H126O6/c1-4-7-10-13-16-19-22-25-28-29-30-31-32-33-34-35-36-37-38-39-40-41-42-43-44-45-48-50-53-56-59-62-65-68-74(77)80-71-72(81-75(78)69-66-63-60-57-54-51-47-27-24-21-18-15-12-9-6-3)70-79-73(76)67-64-61-58-55-52-49-46-26-23-20-17-14-11-8-5-2/h7,10,16,18-19,21,25-28,30-31,33-34,36-37,39-40,46-47,72H,4-6,8-9,11-15,17,20,22-24,29,32,35,38,41-45,48-71H2,1-3H3/b10-7-,19-16-,21-18-,28-25-,31-30-,34-33-,37-36-,40-39-,46-26-,47-27-. The summed E-state index contributed by atoms with van der Waals surface area (Å²) in [6.45, 7) is 6.49. The highest BCUT2D eigenvalue weighted by Crippen LogP contribution is 2.16. The Bertz CT molecular complexity index is 1670. The van der Waals surface area contributed by atoms with E-state index in [0.29, 0.717) is 19.3 Å². The fraction of sp³-hybridized carbons (Fsp3) is 0.693. The Balaban J connectivity index is 4.26. The summed E-state index contributed by atoms with van der Waals surface area (Å²) in [5, 5.41) is 0. The molecule has 0 N–H and O–H groups in total. The highest BCUT2D eigenvalue weighted by Gasteiger charge is 2.19. The fourth-order valence-corrected chi connectivity index (χ4v) is 9.33. The molecule has 0 fully saturated rings. The van der Waals surface area contributed by atoms with Crippen LogP contribution in [-0.4, -0.2) is 37.2 Å². The van der Waals surface area contributed by atoms with Crippen LogP contribution < -0.4 is 0 Å². The van der Waals surface area contributed by atoms with Gasteiger partial charge in [0.2, 0.25) is 0 Å². The van der Waals surface area contributed by atoms with E-state index >= 15 is 0 Å². The van der Waals surface area contributed by atoms with E-state index in [4.69, 9.17) is 14.2 Å². The molecule has 0 bridgehead atoms. The average molecular weight is 1120 g/mol. The zero-order valence-corrected chi connectivity index (χ0v) is 53.0. The van der Waals surface area contributed by atoms with Crippen molar-refractivity contribution >= 4 is 17.9 Å². The zero-order valence-electron chi connectivity index (χ0n) is 53.0. The van der Waals surface area contributed by atoms with E-state index < -0.39 is 6.10 Å². The highest BCUT2D eigenvalue weighted by molar-refractivity contribution is 5.71. The van der Waals surface area contributed by atoms with Crippen LogP contribution in [0.15, 0.2) is 122 Å². The lowest BCUT2D eigenvalue weighted by molar-refractivity contribution is -0.167. The number of unbranched alkanes of at least 4 members (excludes halogenated alkanes) is 30. The van der Waals surface area contributed by atoms with Crippen molar-refractivity contribution in [1.82, 2.24) is 0 Å². The summed E-state index contributed by atoms with van der Waals surface area (Å²) in [5.74, 6) is -0.905. The average Bonchev–Trinajstić information content (AvgIpc) is 3.47. The molecule has 6 heteroatoms. The van der Waals surface area contributed by atoms with Gasteiger partial charge in [0.1, 0.15) is 13.2 Å². The summed E-state index contributed by atoms with van der Waals surface area (Å²) in [6.07, 6.45) is 95.0. The van der Waals surface area contributed by atoms with Gasteiger partial charge in [-0.1, -0.05) is 284 Å². The predicted octanol–water partition coefficient (Wildman–Crippen LogP) is 23.6. The minimum Gasteiger partial charge on any atom is -0.462 e. The minimum absolute atomic E-state index is 0.0881. The summed E-state index contributed by atoms with van der Waals surface area (Å²) in [5.41, 5.74) is 0. The zero-order chi connectivity index (χ0) is 58.5. The molecule has 0 amide bonds. The number of hydrogen-bond acceptors (Lipinski definition) is 6. The van der Waals surface area contributed by atoms with Gasteiger partial charge < -0.3 is 14.2 Å². The highest BCUT2D eigenvalue weighted by atomic mass is 16.6. The molecular formula is C75H126O6. The van der Waals surface area contributed by atoms with Gasteiger partial charge >= 0.3 is 17.9 Å². The molecule has 0 aliphatic carbocycles. The van der Waals surface area contributed by atoms with Crippen LogP contribution in [0.4, 0.5) is 0 Å². The summed E-state index contributed by atoms with van der Waals surface area (Å²) < 4.78 is 16.9. The number of hydrogen-bond donors (Lipinski definition) is 0. The first-order valence-electron chi connectivity index (χ1n) is 34.0. The maximum absolute atomic E-state index is 12.9. The van der Waals surface area contributed by atoms with Crippen molar-refractivity contribution in [3.8, 4) is 0 Å². The molecule has 0 aromatic carbocycles. The number of carbonyl (C=O) groups excluding carboxylic acids is 3. The Morgan fingerprint density at radius 2 is 0.481 bits per heavy atom. The number of esters is 3. The third-order valence-corrected chi connectivity index (χ3v) is 14.4. The van der Waals surface area contributed by atoms with Crippen LogP contribution in [-0.2, 0) is 28.6 Å². The van der Waals surface area contributed by atoms with E-state index in [1.54, 1.807) is 0 Å². The van der Waals surface area contributed by atoms with Crippen LogP contribution in [0.5, 0.6) is 0 Å². The molecule has 462 valence electrons. The third-order valence-electron chi connectivity index (χ3n) is 14.4. The van der Waals surface area contributed by atoms with Crippen LogP contribution >= 0.6 is 0 Å². The van der Waals surface area contributed by atoms with Gasteiger partial charge in [-0.3, -0.25) is 14.4 Å². The molecule has 0 aliphatic rings. The van der Waals surface area contributed by atoms with Crippen LogP contribution in [0, 0.1) is 0 Å². The van der Waals surface area contributed by atoms with Gasteiger partial charge in [0.25, 0.3) is 0 Å². The molecule has 0 spiro atoms. The Labute approximate surface area is 501 Å². The van der Waals surface area contributed by atoms with E-state index in [9.17, 15) is 14.4 Å². The topological polar surface area (TPSA) is 78.9 Å². The van der Waals surface area contributed by atoms with Gasteiger partial charge in [-0.25, -0.2) is 0 Å². The smallest absolute Gasteiger partial charge is 0.306 e. The molecule has 6 nitrogen and oxygen atoms in total. The van der Waals surface area contributed by atoms with Gasteiger partial charge in [0.15, 0.2) is 6.10 Å². The summed E-state index contributed by atoms with van der Waals surface area (Å²) in [6, 6.07) is 0. The second-order valence-corrected chi connectivity index (χ2v) is 22.3. The first-order chi connectivity index (χ1) is 40.0. The number of ether oxygens (including phenoxy) is 3. The fourth-order valence-electron chi connectivity index (χ4n) is 9.33. The Hall–Kier alpha value is -4.19. The quantitative estimate of drug-likeness (QED) is 0.0261.